The highest BCUT2D eigenvalue weighted by molar-refractivity contribution is 5.69. The molecule has 0 saturated carbocycles. The average Bonchev–Trinajstić information content (AvgIpc) is 2.60. The SMILES string of the molecule is COC(=O)CCCCCCCC#CCCCCCCCC(=O)OC. The van der Waals surface area contributed by atoms with Gasteiger partial charge in [0.15, 0.2) is 0 Å². The summed E-state index contributed by atoms with van der Waals surface area (Å²) in [5, 5.41) is 0. The van der Waals surface area contributed by atoms with E-state index in [0.29, 0.717) is 12.8 Å². The third-order valence-electron chi connectivity index (χ3n) is 3.95. The number of ether oxygens (including phenoxy) is 2. The molecule has 0 unspecified atom stereocenters. The number of unbranched alkanes of at least 4 members (excludes halogenated alkanes) is 10. The van der Waals surface area contributed by atoms with Gasteiger partial charge in [-0.3, -0.25) is 9.59 Å². The van der Waals surface area contributed by atoms with Crippen LogP contribution in [0.5, 0.6) is 0 Å². The molecule has 0 radical (unpaired) electrons. The van der Waals surface area contributed by atoms with Crippen LogP contribution >= 0.6 is 0 Å². The smallest absolute Gasteiger partial charge is 0.305 e. The van der Waals surface area contributed by atoms with Crippen molar-refractivity contribution in [3.05, 3.63) is 0 Å². The first-order chi connectivity index (χ1) is 11.7. The monoisotopic (exact) mass is 338 g/mol. The fraction of sp³-hybridized carbons (Fsp3) is 0.800. The zero-order valence-corrected chi connectivity index (χ0v) is 15.5. The van der Waals surface area contributed by atoms with Gasteiger partial charge in [-0.15, -0.1) is 11.8 Å². The van der Waals surface area contributed by atoms with Crippen LogP contribution in [-0.4, -0.2) is 26.2 Å². The van der Waals surface area contributed by atoms with Crippen molar-refractivity contribution in [3.63, 3.8) is 0 Å². The Morgan fingerprint density at radius 3 is 1.29 bits per heavy atom. The molecule has 138 valence electrons. The van der Waals surface area contributed by atoms with Gasteiger partial charge in [0.25, 0.3) is 0 Å². The molecule has 0 N–H and O–H groups in total. The molecule has 0 aromatic rings. The van der Waals surface area contributed by atoms with Gasteiger partial charge in [-0.2, -0.15) is 0 Å². The molecule has 0 bridgehead atoms. The first-order valence-corrected chi connectivity index (χ1v) is 9.30. The molecule has 4 heteroatoms. The lowest BCUT2D eigenvalue weighted by atomic mass is 10.1. The summed E-state index contributed by atoms with van der Waals surface area (Å²) in [5.74, 6) is 6.27. The van der Waals surface area contributed by atoms with Gasteiger partial charge < -0.3 is 9.47 Å². The minimum absolute atomic E-state index is 0.107. The van der Waals surface area contributed by atoms with E-state index in [9.17, 15) is 9.59 Å². The number of esters is 2. The van der Waals surface area contributed by atoms with Crippen LogP contribution in [0.1, 0.15) is 89.9 Å². The second-order valence-corrected chi connectivity index (χ2v) is 6.04. The van der Waals surface area contributed by atoms with Crippen LogP contribution in [0, 0.1) is 11.8 Å². The molecular weight excluding hydrogens is 304 g/mol. The van der Waals surface area contributed by atoms with Crippen LogP contribution in [0.4, 0.5) is 0 Å². The maximum absolute atomic E-state index is 10.9. The average molecular weight is 338 g/mol. The molecule has 0 rings (SSSR count). The van der Waals surface area contributed by atoms with Crippen molar-refractivity contribution in [1.82, 2.24) is 0 Å². The van der Waals surface area contributed by atoms with E-state index in [0.717, 1.165) is 51.4 Å². The van der Waals surface area contributed by atoms with Crippen LogP contribution in [-0.2, 0) is 19.1 Å². The molecule has 0 aliphatic carbocycles. The standard InChI is InChI=1S/C20H34O4/c1-23-19(21)17-15-13-11-9-7-5-3-4-6-8-10-12-14-16-18-20(22)24-2/h5-18H2,1-2H3. The molecule has 0 spiro atoms. The second-order valence-electron chi connectivity index (χ2n) is 6.04. The molecular formula is C20H34O4. The Bertz CT molecular complexity index is 345. The summed E-state index contributed by atoms with van der Waals surface area (Å²) >= 11 is 0. The summed E-state index contributed by atoms with van der Waals surface area (Å²) in [5.41, 5.74) is 0. The van der Waals surface area contributed by atoms with E-state index in [1.54, 1.807) is 0 Å². The Balaban J connectivity index is 3.20. The number of rotatable bonds is 14. The molecule has 0 fully saturated rings. The van der Waals surface area contributed by atoms with E-state index in [-0.39, 0.29) is 11.9 Å². The predicted molar refractivity (Wildman–Crippen MR) is 96.4 cm³/mol. The lowest BCUT2D eigenvalue weighted by molar-refractivity contribution is -0.141. The molecule has 0 saturated heterocycles. The van der Waals surface area contributed by atoms with Gasteiger partial charge >= 0.3 is 11.9 Å². The lowest BCUT2D eigenvalue weighted by Crippen LogP contribution is -1.99. The van der Waals surface area contributed by atoms with Crippen LogP contribution in [0.15, 0.2) is 0 Å². The predicted octanol–water partition coefficient (Wildman–Crippen LogP) is 4.80. The van der Waals surface area contributed by atoms with Crippen molar-refractivity contribution in [1.29, 1.82) is 0 Å². The Labute approximate surface area is 147 Å². The number of carbonyl (C=O) groups excluding carboxylic acids is 2. The summed E-state index contributed by atoms with van der Waals surface area (Å²) in [6.07, 6.45) is 14.1. The van der Waals surface area contributed by atoms with Crippen molar-refractivity contribution in [3.8, 4) is 11.8 Å². The highest BCUT2D eigenvalue weighted by Gasteiger charge is 1.99. The lowest BCUT2D eigenvalue weighted by Gasteiger charge is -2.00. The van der Waals surface area contributed by atoms with E-state index in [4.69, 9.17) is 0 Å². The van der Waals surface area contributed by atoms with E-state index >= 15 is 0 Å². The molecule has 0 atom stereocenters. The maximum atomic E-state index is 10.9. The maximum Gasteiger partial charge on any atom is 0.305 e. The molecule has 24 heavy (non-hydrogen) atoms. The van der Waals surface area contributed by atoms with Crippen molar-refractivity contribution in [2.45, 2.75) is 89.9 Å². The van der Waals surface area contributed by atoms with Crippen molar-refractivity contribution in [2.24, 2.45) is 0 Å². The topological polar surface area (TPSA) is 52.6 Å². The molecule has 4 nitrogen and oxygen atoms in total. The summed E-state index contributed by atoms with van der Waals surface area (Å²) in [6, 6.07) is 0. The summed E-state index contributed by atoms with van der Waals surface area (Å²) < 4.78 is 9.22. The van der Waals surface area contributed by atoms with Gasteiger partial charge in [0.1, 0.15) is 0 Å². The van der Waals surface area contributed by atoms with Crippen molar-refractivity contribution in [2.75, 3.05) is 14.2 Å². The first-order valence-electron chi connectivity index (χ1n) is 9.30. The summed E-state index contributed by atoms with van der Waals surface area (Å²) in [4.78, 5) is 21.9. The fourth-order valence-corrected chi connectivity index (χ4v) is 2.41. The zero-order chi connectivity index (χ0) is 17.9. The fourth-order valence-electron chi connectivity index (χ4n) is 2.41. The number of hydrogen-bond donors (Lipinski definition) is 0. The third kappa shape index (κ3) is 16.9. The molecule has 0 aliphatic rings. The molecule has 0 aromatic heterocycles. The minimum Gasteiger partial charge on any atom is -0.469 e. The quantitative estimate of drug-likeness (QED) is 0.259. The number of carbonyl (C=O) groups is 2. The van der Waals surface area contributed by atoms with Crippen LogP contribution in [0.25, 0.3) is 0 Å². The third-order valence-corrected chi connectivity index (χ3v) is 3.95. The molecule has 0 amide bonds. The van der Waals surface area contributed by atoms with Crippen molar-refractivity contribution >= 4 is 11.9 Å². The van der Waals surface area contributed by atoms with Crippen molar-refractivity contribution < 1.29 is 19.1 Å². The highest BCUT2D eigenvalue weighted by atomic mass is 16.5. The highest BCUT2D eigenvalue weighted by Crippen LogP contribution is 2.08. The minimum atomic E-state index is -0.107. The van der Waals surface area contributed by atoms with Gasteiger partial charge in [0.05, 0.1) is 14.2 Å². The van der Waals surface area contributed by atoms with Crippen LogP contribution in [0.3, 0.4) is 0 Å². The largest absolute Gasteiger partial charge is 0.469 e. The first kappa shape index (κ1) is 22.5. The number of hydrogen-bond acceptors (Lipinski definition) is 4. The Hall–Kier alpha value is -1.50. The van der Waals surface area contributed by atoms with Gasteiger partial charge in [0, 0.05) is 25.7 Å². The van der Waals surface area contributed by atoms with Gasteiger partial charge in [-0.05, 0) is 25.7 Å². The Morgan fingerprint density at radius 2 is 0.917 bits per heavy atom. The van der Waals surface area contributed by atoms with Crippen LogP contribution < -0.4 is 0 Å². The van der Waals surface area contributed by atoms with E-state index in [2.05, 4.69) is 21.3 Å². The number of methoxy groups -OCH3 is 2. The Kier molecular flexibility index (Phi) is 16.7. The molecule has 0 heterocycles. The summed E-state index contributed by atoms with van der Waals surface area (Å²) in [7, 11) is 2.87. The Morgan fingerprint density at radius 1 is 0.583 bits per heavy atom. The molecule has 0 aliphatic heterocycles. The van der Waals surface area contributed by atoms with Gasteiger partial charge in [0.2, 0.25) is 0 Å². The van der Waals surface area contributed by atoms with E-state index in [1.807, 2.05) is 0 Å². The van der Waals surface area contributed by atoms with Gasteiger partial charge in [-0.1, -0.05) is 38.5 Å². The van der Waals surface area contributed by atoms with E-state index in [1.165, 1.54) is 39.9 Å². The van der Waals surface area contributed by atoms with E-state index < -0.39 is 0 Å². The summed E-state index contributed by atoms with van der Waals surface area (Å²) in [6.45, 7) is 0. The van der Waals surface area contributed by atoms with Gasteiger partial charge in [-0.25, -0.2) is 0 Å². The second kappa shape index (κ2) is 17.8. The molecule has 0 aromatic carbocycles. The zero-order valence-electron chi connectivity index (χ0n) is 15.5. The normalized spacial score (nSPS) is 9.92. The van der Waals surface area contributed by atoms with Crippen LogP contribution in [0.2, 0.25) is 0 Å².